The molecule has 23 heavy (non-hydrogen) atoms. The van der Waals surface area contributed by atoms with Gasteiger partial charge in [-0.2, -0.15) is 0 Å². The summed E-state index contributed by atoms with van der Waals surface area (Å²) in [7, 11) is 0. The smallest absolute Gasteiger partial charge is 0.188 e. The topological polar surface area (TPSA) is 74.7 Å². The lowest BCUT2D eigenvalue weighted by Gasteiger charge is -2.53. The lowest BCUT2D eigenvalue weighted by Crippen LogP contribution is -2.56. The van der Waals surface area contributed by atoms with Crippen molar-refractivity contribution < 1.29 is 4.85 Å². The zero-order valence-electron chi connectivity index (χ0n) is 12.6. The van der Waals surface area contributed by atoms with Gasteiger partial charge in [0, 0.05) is 12.1 Å². The van der Waals surface area contributed by atoms with Crippen LogP contribution < -0.4 is 10.3 Å². The van der Waals surface area contributed by atoms with Crippen LogP contribution in [0.2, 0.25) is 0 Å². The zero-order valence-corrected chi connectivity index (χ0v) is 14.2. The summed E-state index contributed by atoms with van der Waals surface area (Å²) in [5.74, 6) is 2.25. The predicted molar refractivity (Wildman–Crippen MR) is 85.7 cm³/mol. The average molecular weight is 377 g/mol. The molecule has 6 aliphatic rings. The van der Waals surface area contributed by atoms with E-state index in [0.717, 1.165) is 37.0 Å². The van der Waals surface area contributed by atoms with Gasteiger partial charge in [0.15, 0.2) is 22.4 Å². The number of hydrogen-bond donors (Lipinski definition) is 0. The molecule has 0 aromatic heterocycles. The van der Waals surface area contributed by atoms with Crippen molar-refractivity contribution in [3.8, 4) is 11.4 Å². The van der Waals surface area contributed by atoms with Gasteiger partial charge in [0.1, 0.15) is 5.21 Å². The molecule has 5 aliphatic carbocycles. The van der Waals surface area contributed by atoms with E-state index >= 15 is 0 Å². The van der Waals surface area contributed by atoms with Gasteiger partial charge < -0.3 is 5.21 Å². The van der Waals surface area contributed by atoms with Gasteiger partial charge in [0.05, 0.1) is 4.47 Å². The Bertz CT molecular complexity index is 798. The lowest BCUT2D eigenvalue weighted by atomic mass is 9.53. The molecule has 0 amide bonds. The Morgan fingerprint density at radius 1 is 1.17 bits per heavy atom. The fraction of sp³-hybridized carbons (Fsp3) is 0.625. The van der Waals surface area contributed by atoms with E-state index in [4.69, 9.17) is 0 Å². The molecule has 0 aromatic carbocycles. The molecule has 6 rings (SSSR count). The number of halogens is 1. The molecule has 4 fully saturated rings. The number of nitrogens with zero attached hydrogens (tertiary/aromatic N) is 4. The molecule has 0 N–H and O–H groups in total. The van der Waals surface area contributed by atoms with Gasteiger partial charge in [-0.1, -0.05) is 5.10 Å². The summed E-state index contributed by atoms with van der Waals surface area (Å²) in [6, 6.07) is 2.76. The molecular formula is C16H17BrN4O2. The normalized spacial score (nSPS) is 35.1. The van der Waals surface area contributed by atoms with Gasteiger partial charge in [0.2, 0.25) is 0 Å². The molecule has 120 valence electrons. The van der Waals surface area contributed by atoms with Crippen LogP contribution in [-0.4, -0.2) is 15.1 Å². The molecule has 4 bridgehead atoms. The molecule has 6 nitrogen and oxygen atoms in total. The monoisotopic (exact) mass is 376 g/mol. The molecule has 7 heteroatoms. The van der Waals surface area contributed by atoms with Crippen LogP contribution in [0.4, 0.5) is 0 Å². The van der Waals surface area contributed by atoms with Crippen LogP contribution in [-0.2, 0) is 5.54 Å². The van der Waals surface area contributed by atoms with E-state index in [9.17, 15) is 10.0 Å². The van der Waals surface area contributed by atoms with Crippen molar-refractivity contribution in [1.29, 1.82) is 0 Å². The Morgan fingerprint density at radius 3 is 2.39 bits per heavy atom. The van der Waals surface area contributed by atoms with Crippen LogP contribution in [0, 0.1) is 23.0 Å². The number of fused-ring (bicyclic) bond motifs is 1. The largest absolute Gasteiger partial charge is 0.691 e. The Balaban J connectivity index is 1.69. The molecule has 0 unspecified atom stereocenters. The predicted octanol–water partition coefficient (Wildman–Crippen LogP) is 2.06. The van der Waals surface area contributed by atoms with Gasteiger partial charge in [0.25, 0.3) is 0 Å². The fourth-order valence-electron chi connectivity index (χ4n) is 5.56. The highest BCUT2D eigenvalue weighted by atomic mass is 79.9. The first-order chi connectivity index (χ1) is 11.0. The fourth-order valence-corrected chi connectivity index (χ4v) is 6.06. The first-order valence-corrected chi connectivity index (χ1v) is 9.03. The van der Waals surface area contributed by atoms with Gasteiger partial charge in [-0.3, -0.25) is 4.79 Å². The lowest BCUT2D eigenvalue weighted by molar-refractivity contribution is -0.670. The highest BCUT2D eigenvalue weighted by Crippen LogP contribution is 2.58. The van der Waals surface area contributed by atoms with Gasteiger partial charge in [-0.05, 0) is 77.0 Å². The van der Waals surface area contributed by atoms with E-state index in [2.05, 4.69) is 26.2 Å². The highest BCUT2D eigenvalue weighted by molar-refractivity contribution is 9.10. The summed E-state index contributed by atoms with van der Waals surface area (Å²) in [5.41, 5.74) is 0.422. The molecule has 1 aliphatic heterocycles. The maximum atomic E-state index is 12.4. The van der Waals surface area contributed by atoms with Crippen LogP contribution >= 0.6 is 15.9 Å². The second kappa shape index (κ2) is 4.53. The van der Waals surface area contributed by atoms with Gasteiger partial charge in [-0.15, -0.1) is 4.85 Å². The summed E-state index contributed by atoms with van der Waals surface area (Å²) in [4.78, 5) is 13.9. The van der Waals surface area contributed by atoms with Crippen LogP contribution in [0.3, 0.4) is 0 Å². The third-order valence-corrected chi connectivity index (χ3v) is 6.62. The Morgan fingerprint density at radius 2 is 1.78 bits per heavy atom. The van der Waals surface area contributed by atoms with E-state index in [1.165, 1.54) is 31.4 Å². The van der Waals surface area contributed by atoms with Gasteiger partial charge >= 0.3 is 0 Å². The first-order valence-electron chi connectivity index (χ1n) is 8.24. The van der Waals surface area contributed by atoms with Crippen LogP contribution in [0.1, 0.15) is 38.5 Å². The third kappa shape index (κ3) is 1.98. The second-order valence-corrected chi connectivity index (χ2v) is 8.52. The van der Waals surface area contributed by atoms with Crippen molar-refractivity contribution in [2.24, 2.45) is 17.8 Å². The van der Waals surface area contributed by atoms with E-state index in [1.54, 1.807) is 4.80 Å². The number of aromatic nitrogens is 4. The summed E-state index contributed by atoms with van der Waals surface area (Å²) >= 11 is 3.37. The number of benzene rings is 1. The quantitative estimate of drug-likeness (QED) is 0.563. The molecule has 0 radical (unpaired) electrons. The van der Waals surface area contributed by atoms with E-state index < -0.39 is 0 Å². The number of hydrogen-bond acceptors (Lipinski definition) is 4. The van der Waals surface area contributed by atoms with Crippen molar-refractivity contribution in [2.45, 2.75) is 44.1 Å². The molecule has 0 spiro atoms. The summed E-state index contributed by atoms with van der Waals surface area (Å²) in [6.45, 7) is 0. The standard InChI is InChI=1S/C16H17BrN4O2/c17-13-4-12(22)5-14-15(13)18-21(19-20(14)23)16-6-9-1-10(7-16)3-11(2-9)8-16/h4-5,9-11H,1-3,6-8H2. The third-order valence-electron chi connectivity index (χ3n) is 6.01. The average Bonchev–Trinajstić information content (AvgIpc) is 2.46. The minimum Gasteiger partial charge on any atom is -0.691 e. The Hall–Kier alpha value is -1.50. The summed E-state index contributed by atoms with van der Waals surface area (Å²) in [5, 5.41) is 21.2. The highest BCUT2D eigenvalue weighted by Gasteiger charge is 2.56. The first kappa shape index (κ1) is 13.9. The van der Waals surface area contributed by atoms with Gasteiger partial charge in [-0.25, -0.2) is 0 Å². The molecule has 1 heterocycles. The zero-order chi connectivity index (χ0) is 15.8. The molecule has 0 aromatic rings. The molecular weight excluding hydrogens is 360 g/mol. The van der Waals surface area contributed by atoms with Crippen LogP contribution in [0.5, 0.6) is 0 Å². The maximum absolute atomic E-state index is 12.4. The maximum Gasteiger partial charge on any atom is 0.188 e. The van der Waals surface area contributed by atoms with Crippen molar-refractivity contribution in [3.05, 3.63) is 32.0 Å². The van der Waals surface area contributed by atoms with E-state index in [-0.39, 0.29) is 16.7 Å². The molecule has 0 atom stereocenters. The van der Waals surface area contributed by atoms with Crippen LogP contribution in [0.25, 0.3) is 11.4 Å². The number of rotatable bonds is 1. The summed E-state index contributed by atoms with van der Waals surface area (Å²) < 4.78 is 0.561. The van der Waals surface area contributed by atoms with Crippen molar-refractivity contribution >= 4 is 15.9 Å². The Labute approximate surface area is 141 Å². The Kier molecular flexibility index (Phi) is 2.73. The van der Waals surface area contributed by atoms with Crippen molar-refractivity contribution in [1.82, 2.24) is 15.1 Å². The minimum absolute atomic E-state index is 0.106. The summed E-state index contributed by atoms with van der Waals surface area (Å²) in [6.07, 6.45) is 7.21. The molecule has 4 saturated carbocycles. The molecule has 0 saturated heterocycles. The SMILES string of the molecule is O=c1cc(Br)c2nn(C34CC5CC(CC(C5)C3)C4)n[n+]([O-])c-2c1. The van der Waals surface area contributed by atoms with E-state index in [1.807, 2.05) is 0 Å². The van der Waals surface area contributed by atoms with E-state index in [0.29, 0.717) is 15.0 Å². The second-order valence-electron chi connectivity index (χ2n) is 7.67. The van der Waals surface area contributed by atoms with Crippen LogP contribution in [0.15, 0.2) is 21.4 Å². The minimum atomic E-state index is -0.217. The van der Waals surface area contributed by atoms with Crippen molar-refractivity contribution in [3.63, 3.8) is 0 Å². The van der Waals surface area contributed by atoms with Crippen molar-refractivity contribution in [2.75, 3.05) is 0 Å².